The van der Waals surface area contributed by atoms with Gasteiger partial charge in [0.2, 0.25) is 0 Å². The van der Waals surface area contributed by atoms with Gasteiger partial charge in [-0.3, -0.25) is 13.9 Å². The van der Waals surface area contributed by atoms with Gasteiger partial charge in [0.25, 0.3) is 5.56 Å². The van der Waals surface area contributed by atoms with Gasteiger partial charge < -0.3 is 14.8 Å². The fourth-order valence-electron chi connectivity index (χ4n) is 2.63. The highest BCUT2D eigenvalue weighted by atomic mass is 16.3. The number of imidazole rings is 1. The van der Waals surface area contributed by atoms with Gasteiger partial charge in [-0.1, -0.05) is 13.8 Å². The maximum Gasteiger partial charge on any atom is 0.332 e. The lowest BCUT2D eigenvalue weighted by Crippen LogP contribution is -2.40. The maximum atomic E-state index is 12.7. The first-order valence-electron chi connectivity index (χ1n) is 8.02. The van der Waals surface area contributed by atoms with Crippen LogP contribution >= 0.6 is 0 Å². The van der Waals surface area contributed by atoms with E-state index in [1.54, 1.807) is 4.57 Å². The molecule has 0 aliphatic heterocycles. The highest BCUT2D eigenvalue weighted by molar-refractivity contribution is 5.70. The average molecular weight is 324 g/mol. The van der Waals surface area contributed by atoms with E-state index in [1.165, 1.54) is 15.5 Å². The van der Waals surface area contributed by atoms with Crippen LogP contribution in [0.25, 0.3) is 11.2 Å². The van der Waals surface area contributed by atoms with Crippen LogP contribution in [0.15, 0.2) is 15.9 Å². The van der Waals surface area contributed by atoms with E-state index in [-0.39, 0.29) is 17.9 Å². The summed E-state index contributed by atoms with van der Waals surface area (Å²) in [5, 5.41) is 18.4. The van der Waals surface area contributed by atoms with E-state index in [9.17, 15) is 14.7 Å². The van der Waals surface area contributed by atoms with Crippen molar-refractivity contribution in [2.75, 3.05) is 6.61 Å². The summed E-state index contributed by atoms with van der Waals surface area (Å²) in [6, 6.07) is 0. The normalized spacial score (nSPS) is 12.9. The Balaban J connectivity index is 2.60. The lowest BCUT2D eigenvalue weighted by Gasteiger charge is -2.12. The lowest BCUT2D eigenvalue weighted by molar-refractivity contribution is 0.0849. The minimum absolute atomic E-state index is 0.308. The molecule has 0 saturated heterocycles. The van der Waals surface area contributed by atoms with Crippen LogP contribution in [0.5, 0.6) is 0 Å². The zero-order valence-corrected chi connectivity index (χ0v) is 13.6. The molecule has 23 heavy (non-hydrogen) atoms. The number of rotatable bonds is 8. The van der Waals surface area contributed by atoms with Crippen LogP contribution in [0.2, 0.25) is 0 Å². The fourth-order valence-corrected chi connectivity index (χ4v) is 2.63. The van der Waals surface area contributed by atoms with Crippen molar-refractivity contribution < 1.29 is 10.2 Å². The van der Waals surface area contributed by atoms with Crippen LogP contribution in [0.1, 0.15) is 33.1 Å². The van der Waals surface area contributed by atoms with Crippen molar-refractivity contribution in [2.45, 2.75) is 58.8 Å². The minimum atomic E-state index is -0.841. The molecule has 2 N–H and O–H groups in total. The Morgan fingerprint density at radius 1 is 1.13 bits per heavy atom. The van der Waals surface area contributed by atoms with Crippen LogP contribution < -0.4 is 11.2 Å². The molecule has 1 atom stereocenters. The molecule has 1 unspecified atom stereocenters. The van der Waals surface area contributed by atoms with Crippen molar-refractivity contribution in [1.82, 2.24) is 18.7 Å². The van der Waals surface area contributed by atoms with Crippen LogP contribution in [0.3, 0.4) is 0 Å². The first kappa shape index (κ1) is 17.4. The number of nitrogens with zero attached hydrogens (tertiary/aromatic N) is 4. The summed E-state index contributed by atoms with van der Waals surface area (Å²) in [6.45, 7) is 4.76. The first-order valence-corrected chi connectivity index (χ1v) is 8.02. The molecular weight excluding hydrogens is 300 g/mol. The molecule has 0 fully saturated rings. The molecule has 0 bridgehead atoms. The third-order valence-electron chi connectivity index (χ3n) is 3.79. The van der Waals surface area contributed by atoms with Crippen molar-refractivity contribution in [3.8, 4) is 0 Å². The van der Waals surface area contributed by atoms with E-state index in [1.807, 2.05) is 13.8 Å². The predicted molar refractivity (Wildman–Crippen MR) is 86.5 cm³/mol. The van der Waals surface area contributed by atoms with Crippen molar-refractivity contribution in [3.63, 3.8) is 0 Å². The van der Waals surface area contributed by atoms with E-state index in [2.05, 4.69) is 4.98 Å². The maximum absolute atomic E-state index is 12.7. The first-order chi connectivity index (χ1) is 11.0. The van der Waals surface area contributed by atoms with Crippen LogP contribution in [0.4, 0.5) is 0 Å². The summed E-state index contributed by atoms with van der Waals surface area (Å²) < 4.78 is 4.43. The molecule has 0 saturated carbocycles. The topological polar surface area (TPSA) is 102 Å². The summed E-state index contributed by atoms with van der Waals surface area (Å²) in [4.78, 5) is 29.4. The molecule has 0 amide bonds. The molecule has 8 nitrogen and oxygen atoms in total. The third kappa shape index (κ3) is 3.37. The molecule has 0 radical (unpaired) electrons. The third-order valence-corrected chi connectivity index (χ3v) is 3.79. The molecule has 0 aliphatic rings. The number of hydrogen-bond donors (Lipinski definition) is 2. The second-order valence-corrected chi connectivity index (χ2v) is 5.63. The fraction of sp³-hybridized carbons (Fsp3) is 0.667. The zero-order valence-electron chi connectivity index (χ0n) is 13.6. The molecule has 128 valence electrons. The second kappa shape index (κ2) is 7.56. The van der Waals surface area contributed by atoms with E-state index >= 15 is 0 Å². The van der Waals surface area contributed by atoms with E-state index < -0.39 is 6.10 Å². The second-order valence-electron chi connectivity index (χ2n) is 5.63. The number of aryl methyl sites for hydroxylation is 2. The van der Waals surface area contributed by atoms with Crippen LogP contribution in [-0.4, -0.2) is 41.6 Å². The summed E-state index contributed by atoms with van der Waals surface area (Å²) in [5.74, 6) is 0. The number of aliphatic hydroxyl groups is 2. The van der Waals surface area contributed by atoms with Crippen molar-refractivity contribution >= 4 is 11.2 Å². The molecule has 2 heterocycles. The van der Waals surface area contributed by atoms with Gasteiger partial charge >= 0.3 is 5.69 Å². The van der Waals surface area contributed by atoms with Crippen LogP contribution in [0, 0.1) is 0 Å². The zero-order chi connectivity index (χ0) is 17.0. The molecule has 0 aromatic carbocycles. The molecular formula is C15H24N4O4. The highest BCUT2D eigenvalue weighted by Crippen LogP contribution is 2.09. The number of aromatic nitrogens is 4. The number of fused-ring (bicyclic) bond motifs is 1. The molecule has 2 aromatic heterocycles. The summed E-state index contributed by atoms with van der Waals surface area (Å²) >= 11 is 0. The molecule has 8 heteroatoms. The molecule has 2 rings (SSSR count). The van der Waals surface area contributed by atoms with Gasteiger partial charge in [0.15, 0.2) is 11.2 Å². The smallest absolute Gasteiger partial charge is 0.332 e. The van der Waals surface area contributed by atoms with Gasteiger partial charge in [-0.25, -0.2) is 9.78 Å². The highest BCUT2D eigenvalue weighted by Gasteiger charge is 2.17. The quantitative estimate of drug-likeness (QED) is 0.707. The minimum Gasteiger partial charge on any atom is -0.394 e. The van der Waals surface area contributed by atoms with Gasteiger partial charge in [-0.15, -0.1) is 0 Å². The van der Waals surface area contributed by atoms with Gasteiger partial charge in [0.05, 0.1) is 19.0 Å². The van der Waals surface area contributed by atoms with Crippen LogP contribution in [-0.2, 0) is 19.6 Å². The largest absolute Gasteiger partial charge is 0.394 e. The Kier molecular flexibility index (Phi) is 5.73. The van der Waals surface area contributed by atoms with Crippen molar-refractivity contribution in [1.29, 1.82) is 0 Å². The van der Waals surface area contributed by atoms with Gasteiger partial charge in [-0.05, 0) is 19.3 Å². The summed E-state index contributed by atoms with van der Waals surface area (Å²) in [7, 11) is 0. The Morgan fingerprint density at radius 3 is 2.39 bits per heavy atom. The number of hydrogen-bond acceptors (Lipinski definition) is 5. The standard InChI is InChI=1S/C15H24N4O4/c1-3-6-18-13-12(14(22)19(7-4-2)15(18)23)17(10-16-13)8-5-11(21)9-20/h10-11,20-21H,3-9H2,1-2H3. The number of aliphatic hydroxyl groups excluding tert-OH is 2. The van der Waals surface area contributed by atoms with Crippen molar-refractivity contribution in [3.05, 3.63) is 27.2 Å². The van der Waals surface area contributed by atoms with E-state index in [4.69, 9.17) is 5.11 Å². The van der Waals surface area contributed by atoms with Gasteiger partial charge in [0, 0.05) is 19.6 Å². The molecule has 2 aromatic rings. The predicted octanol–water partition coefficient (Wildman–Crippen LogP) is -0.0770. The monoisotopic (exact) mass is 324 g/mol. The Labute approximate surface area is 133 Å². The SMILES string of the molecule is CCCn1c(=O)c2c(ncn2CCC(O)CO)n(CCC)c1=O. The van der Waals surface area contributed by atoms with Gasteiger partial charge in [0.1, 0.15) is 0 Å². The van der Waals surface area contributed by atoms with E-state index in [0.717, 1.165) is 6.42 Å². The Morgan fingerprint density at radius 2 is 1.78 bits per heavy atom. The Bertz CT molecular complexity index is 774. The van der Waals surface area contributed by atoms with Gasteiger partial charge in [-0.2, -0.15) is 0 Å². The molecule has 0 aliphatic carbocycles. The Hall–Kier alpha value is -1.93. The summed E-state index contributed by atoms with van der Waals surface area (Å²) in [6.07, 6.45) is 2.42. The van der Waals surface area contributed by atoms with E-state index in [0.29, 0.717) is 43.6 Å². The lowest BCUT2D eigenvalue weighted by atomic mass is 10.2. The molecule has 0 spiro atoms. The average Bonchev–Trinajstić information content (AvgIpc) is 2.97. The van der Waals surface area contributed by atoms with Crippen molar-refractivity contribution in [2.24, 2.45) is 0 Å². The summed E-state index contributed by atoms with van der Waals surface area (Å²) in [5.41, 5.74) is 0.0753.